The molecule has 2 unspecified atom stereocenters. The first-order valence-corrected chi connectivity index (χ1v) is 5.84. The predicted molar refractivity (Wildman–Crippen MR) is 64.8 cm³/mol. The van der Waals surface area contributed by atoms with Crippen LogP contribution in [0.4, 0.5) is 0 Å². The van der Waals surface area contributed by atoms with Crippen LogP contribution >= 0.6 is 0 Å². The highest BCUT2D eigenvalue weighted by Crippen LogP contribution is 2.48. The fourth-order valence-corrected chi connectivity index (χ4v) is 2.36. The van der Waals surface area contributed by atoms with Crippen molar-refractivity contribution in [2.45, 2.75) is 12.3 Å². The van der Waals surface area contributed by atoms with E-state index in [9.17, 15) is 4.79 Å². The summed E-state index contributed by atoms with van der Waals surface area (Å²) >= 11 is 0. The average molecular weight is 226 g/mol. The minimum atomic E-state index is 0.146. The Hall–Kier alpha value is -1.90. The van der Waals surface area contributed by atoms with Gasteiger partial charge >= 0.3 is 0 Å². The molecule has 3 nitrogen and oxygen atoms in total. The third-order valence-electron chi connectivity index (χ3n) is 3.43. The second-order valence-corrected chi connectivity index (χ2v) is 4.56. The van der Waals surface area contributed by atoms with E-state index in [1.54, 1.807) is 16.9 Å². The van der Waals surface area contributed by atoms with Gasteiger partial charge in [0, 0.05) is 19.2 Å². The van der Waals surface area contributed by atoms with Gasteiger partial charge in [-0.25, -0.2) is 0 Å². The first-order chi connectivity index (χ1) is 8.27. The molecule has 1 saturated carbocycles. The third kappa shape index (κ3) is 1.78. The first kappa shape index (κ1) is 10.3. The number of ketones is 1. The van der Waals surface area contributed by atoms with Crippen molar-refractivity contribution in [1.82, 2.24) is 9.78 Å². The maximum atomic E-state index is 12.2. The van der Waals surface area contributed by atoms with Crippen molar-refractivity contribution in [1.29, 1.82) is 0 Å². The topological polar surface area (TPSA) is 34.9 Å². The molecule has 1 aromatic carbocycles. The summed E-state index contributed by atoms with van der Waals surface area (Å²) in [6.07, 6.45) is 2.64. The Bertz CT molecular complexity index is 544. The quantitative estimate of drug-likeness (QED) is 0.753. The van der Waals surface area contributed by atoms with Crippen LogP contribution in [0.2, 0.25) is 0 Å². The molecule has 17 heavy (non-hydrogen) atoms. The molecule has 0 bridgehead atoms. The van der Waals surface area contributed by atoms with Crippen LogP contribution in [0, 0.1) is 5.92 Å². The molecule has 2 atom stereocenters. The van der Waals surface area contributed by atoms with Crippen molar-refractivity contribution in [3.8, 4) is 0 Å². The van der Waals surface area contributed by atoms with Gasteiger partial charge in [0.1, 0.15) is 5.69 Å². The Kier molecular flexibility index (Phi) is 2.32. The number of carbonyl (C=O) groups is 1. The minimum absolute atomic E-state index is 0.146. The zero-order valence-corrected chi connectivity index (χ0v) is 9.71. The Morgan fingerprint density at radius 2 is 2.06 bits per heavy atom. The largest absolute Gasteiger partial charge is 0.292 e. The van der Waals surface area contributed by atoms with E-state index in [1.807, 2.05) is 25.2 Å². The Morgan fingerprint density at radius 3 is 2.71 bits per heavy atom. The standard InChI is InChI=1S/C14H14N2O/c1-16-13(7-8-15-16)14(17)12-9-11(12)10-5-3-2-4-6-10/h2-8,11-12H,9H2,1H3. The third-order valence-corrected chi connectivity index (χ3v) is 3.43. The summed E-state index contributed by atoms with van der Waals surface area (Å²) in [4.78, 5) is 12.2. The SMILES string of the molecule is Cn1nccc1C(=O)C1CC1c1ccccc1. The lowest BCUT2D eigenvalue weighted by molar-refractivity contribution is 0.0956. The van der Waals surface area contributed by atoms with Crippen LogP contribution in [0.5, 0.6) is 0 Å². The van der Waals surface area contributed by atoms with Gasteiger partial charge in [0.25, 0.3) is 0 Å². The molecule has 1 fully saturated rings. The fraction of sp³-hybridized carbons (Fsp3) is 0.286. The van der Waals surface area contributed by atoms with Crippen molar-refractivity contribution in [2.75, 3.05) is 0 Å². The number of benzene rings is 1. The lowest BCUT2D eigenvalue weighted by Gasteiger charge is -2.01. The van der Waals surface area contributed by atoms with Crippen molar-refractivity contribution in [2.24, 2.45) is 13.0 Å². The molecule has 0 radical (unpaired) electrons. The number of nitrogens with zero attached hydrogens (tertiary/aromatic N) is 2. The highest BCUT2D eigenvalue weighted by Gasteiger charge is 2.44. The average Bonchev–Trinajstić information content (AvgIpc) is 3.05. The Morgan fingerprint density at radius 1 is 1.29 bits per heavy atom. The van der Waals surface area contributed by atoms with Crippen LogP contribution in [-0.4, -0.2) is 15.6 Å². The molecule has 1 heterocycles. The number of hydrogen-bond acceptors (Lipinski definition) is 2. The number of aryl methyl sites for hydroxylation is 1. The molecule has 0 N–H and O–H groups in total. The monoisotopic (exact) mass is 226 g/mol. The summed E-state index contributed by atoms with van der Waals surface area (Å²) in [6, 6.07) is 12.0. The van der Waals surface area contributed by atoms with E-state index >= 15 is 0 Å². The van der Waals surface area contributed by atoms with Gasteiger partial charge in [0.05, 0.1) is 0 Å². The van der Waals surface area contributed by atoms with Gasteiger partial charge in [0.2, 0.25) is 0 Å². The molecule has 1 aliphatic carbocycles. The van der Waals surface area contributed by atoms with Crippen LogP contribution < -0.4 is 0 Å². The second-order valence-electron chi connectivity index (χ2n) is 4.56. The molecule has 0 saturated heterocycles. The summed E-state index contributed by atoms with van der Waals surface area (Å²) in [5.74, 6) is 0.769. The molecule has 1 aliphatic rings. The van der Waals surface area contributed by atoms with Crippen LogP contribution in [0.3, 0.4) is 0 Å². The Balaban J connectivity index is 1.78. The summed E-state index contributed by atoms with van der Waals surface area (Å²) in [7, 11) is 1.81. The zero-order valence-electron chi connectivity index (χ0n) is 9.71. The van der Waals surface area contributed by atoms with E-state index in [4.69, 9.17) is 0 Å². The first-order valence-electron chi connectivity index (χ1n) is 5.84. The molecule has 0 spiro atoms. The Labute approximate surface area is 100 Å². The van der Waals surface area contributed by atoms with Crippen LogP contribution in [-0.2, 0) is 7.05 Å². The van der Waals surface area contributed by atoms with Crippen LogP contribution in [0.25, 0.3) is 0 Å². The number of aromatic nitrogens is 2. The molecular formula is C14H14N2O. The highest BCUT2D eigenvalue weighted by molar-refractivity contribution is 5.98. The number of Topliss-reactive ketones (excluding diaryl/α,β-unsaturated/α-hetero) is 1. The van der Waals surface area contributed by atoms with Crippen LogP contribution in [0.1, 0.15) is 28.4 Å². The molecule has 1 aromatic heterocycles. The molecular weight excluding hydrogens is 212 g/mol. The van der Waals surface area contributed by atoms with E-state index in [0.717, 1.165) is 6.42 Å². The lowest BCUT2D eigenvalue weighted by atomic mass is 10.1. The zero-order chi connectivity index (χ0) is 11.8. The van der Waals surface area contributed by atoms with Gasteiger partial charge in [0.15, 0.2) is 5.78 Å². The van der Waals surface area contributed by atoms with E-state index in [0.29, 0.717) is 11.6 Å². The minimum Gasteiger partial charge on any atom is -0.292 e. The van der Waals surface area contributed by atoms with Crippen LogP contribution in [0.15, 0.2) is 42.6 Å². The molecule has 2 aromatic rings. The van der Waals surface area contributed by atoms with E-state index < -0.39 is 0 Å². The second kappa shape index (κ2) is 3.84. The van der Waals surface area contributed by atoms with Gasteiger partial charge in [-0.15, -0.1) is 0 Å². The smallest absolute Gasteiger partial charge is 0.184 e. The maximum Gasteiger partial charge on any atom is 0.184 e. The van der Waals surface area contributed by atoms with Crippen molar-refractivity contribution in [3.63, 3.8) is 0 Å². The summed E-state index contributed by atoms with van der Waals surface area (Å²) in [5, 5.41) is 4.04. The summed E-state index contributed by atoms with van der Waals surface area (Å²) in [6.45, 7) is 0. The van der Waals surface area contributed by atoms with Crippen molar-refractivity contribution in [3.05, 3.63) is 53.9 Å². The number of carbonyl (C=O) groups excluding carboxylic acids is 1. The number of hydrogen-bond donors (Lipinski definition) is 0. The maximum absolute atomic E-state index is 12.2. The highest BCUT2D eigenvalue weighted by atomic mass is 16.1. The number of rotatable bonds is 3. The summed E-state index contributed by atoms with van der Waals surface area (Å²) in [5.41, 5.74) is 1.99. The van der Waals surface area contributed by atoms with E-state index in [-0.39, 0.29) is 11.7 Å². The van der Waals surface area contributed by atoms with E-state index in [1.165, 1.54) is 5.56 Å². The van der Waals surface area contributed by atoms with Gasteiger partial charge in [-0.1, -0.05) is 30.3 Å². The predicted octanol–water partition coefficient (Wildman–Crippen LogP) is 2.41. The van der Waals surface area contributed by atoms with Gasteiger partial charge in [-0.05, 0) is 24.0 Å². The molecule has 0 aliphatic heterocycles. The molecule has 3 rings (SSSR count). The van der Waals surface area contributed by atoms with E-state index in [2.05, 4.69) is 17.2 Å². The molecule has 0 amide bonds. The molecule has 86 valence electrons. The van der Waals surface area contributed by atoms with Gasteiger partial charge < -0.3 is 0 Å². The normalized spacial score (nSPS) is 22.4. The fourth-order valence-electron chi connectivity index (χ4n) is 2.36. The van der Waals surface area contributed by atoms with Crippen molar-refractivity contribution >= 4 is 5.78 Å². The lowest BCUT2D eigenvalue weighted by Crippen LogP contribution is -2.09. The van der Waals surface area contributed by atoms with Crippen molar-refractivity contribution < 1.29 is 4.79 Å². The summed E-state index contributed by atoms with van der Waals surface area (Å²) < 4.78 is 1.66. The molecule has 3 heteroatoms. The van der Waals surface area contributed by atoms with Gasteiger partial charge in [-0.2, -0.15) is 5.10 Å². The van der Waals surface area contributed by atoms with Gasteiger partial charge in [-0.3, -0.25) is 9.48 Å².